The molecule has 1 spiro atoms. The number of rotatable bonds is 6. The molecule has 0 radical (unpaired) electrons. The number of β-lactam (4-membered cyclic amide) rings is 1. The fraction of sp³-hybridized carbons (Fsp3) is 0.652. The van der Waals surface area contributed by atoms with Crippen molar-refractivity contribution in [3.05, 3.63) is 35.4 Å². The fourth-order valence-electron chi connectivity index (χ4n) is 5.45. The summed E-state index contributed by atoms with van der Waals surface area (Å²) in [6, 6.07) is 8.51. The standard InChI is InChI=1S/C23H33N3O2/c1-17(2)26-20(23(22(26)28)11-5-6-12-23)21(27)24-13-7-14-25-15-10-18-8-3-4-9-19(18)16-25/h3-4,8-9,17,20H,5-7,10-16H2,1-2H3,(H,24,27). The van der Waals surface area contributed by atoms with Crippen molar-refractivity contribution in [2.75, 3.05) is 19.6 Å². The molecule has 2 heterocycles. The first-order valence-corrected chi connectivity index (χ1v) is 10.9. The van der Waals surface area contributed by atoms with Gasteiger partial charge in [0.15, 0.2) is 0 Å². The third kappa shape index (κ3) is 3.34. The van der Waals surface area contributed by atoms with Crippen LogP contribution < -0.4 is 5.32 Å². The lowest BCUT2D eigenvalue weighted by molar-refractivity contribution is -0.181. The van der Waals surface area contributed by atoms with Crippen LogP contribution in [0.3, 0.4) is 0 Å². The number of carbonyl (C=O) groups is 2. The third-order valence-electron chi connectivity index (χ3n) is 6.92. The lowest BCUT2D eigenvalue weighted by atomic mass is 9.68. The van der Waals surface area contributed by atoms with E-state index in [0.717, 1.165) is 58.2 Å². The molecule has 1 aliphatic carbocycles. The average molecular weight is 384 g/mol. The van der Waals surface area contributed by atoms with Crippen LogP contribution in [0.1, 0.15) is 57.1 Å². The molecule has 1 atom stereocenters. The molecule has 5 nitrogen and oxygen atoms in total. The monoisotopic (exact) mass is 383 g/mol. The van der Waals surface area contributed by atoms with Crippen molar-refractivity contribution in [1.82, 2.24) is 15.1 Å². The molecule has 3 aliphatic rings. The summed E-state index contributed by atoms with van der Waals surface area (Å²) in [7, 11) is 0. The summed E-state index contributed by atoms with van der Waals surface area (Å²) in [5.74, 6) is 0.256. The molecule has 1 aromatic carbocycles. The first-order chi connectivity index (χ1) is 13.5. The Bertz CT molecular complexity index is 739. The summed E-state index contributed by atoms with van der Waals surface area (Å²) >= 11 is 0. The quantitative estimate of drug-likeness (QED) is 0.607. The van der Waals surface area contributed by atoms with E-state index in [9.17, 15) is 9.59 Å². The van der Waals surface area contributed by atoms with E-state index in [-0.39, 0.29) is 23.9 Å². The number of amides is 2. The summed E-state index contributed by atoms with van der Waals surface area (Å²) in [5, 5.41) is 3.14. The van der Waals surface area contributed by atoms with Gasteiger partial charge in [-0.25, -0.2) is 0 Å². The van der Waals surface area contributed by atoms with Gasteiger partial charge in [0.25, 0.3) is 0 Å². The Balaban J connectivity index is 1.27. The van der Waals surface area contributed by atoms with Crippen LogP contribution in [0.25, 0.3) is 0 Å². The van der Waals surface area contributed by atoms with Gasteiger partial charge in [-0.05, 0) is 50.7 Å². The highest BCUT2D eigenvalue weighted by Gasteiger charge is 2.64. The van der Waals surface area contributed by atoms with Crippen LogP contribution in [-0.2, 0) is 22.6 Å². The van der Waals surface area contributed by atoms with E-state index < -0.39 is 5.41 Å². The summed E-state index contributed by atoms with van der Waals surface area (Å²) in [4.78, 5) is 29.9. The molecule has 0 aromatic heterocycles. The van der Waals surface area contributed by atoms with Crippen molar-refractivity contribution < 1.29 is 9.59 Å². The lowest BCUT2D eigenvalue weighted by Gasteiger charge is -2.55. The van der Waals surface area contributed by atoms with Gasteiger partial charge in [-0.2, -0.15) is 0 Å². The molecule has 28 heavy (non-hydrogen) atoms. The van der Waals surface area contributed by atoms with Crippen molar-refractivity contribution >= 4 is 11.8 Å². The van der Waals surface area contributed by atoms with Crippen LogP contribution in [0, 0.1) is 5.41 Å². The van der Waals surface area contributed by atoms with E-state index in [4.69, 9.17) is 0 Å². The normalized spacial score (nSPS) is 23.8. The molecule has 2 amide bonds. The average Bonchev–Trinajstić information content (AvgIpc) is 3.20. The number of nitrogens with one attached hydrogen (secondary N) is 1. The maximum atomic E-state index is 12.9. The van der Waals surface area contributed by atoms with Crippen LogP contribution in [0.15, 0.2) is 24.3 Å². The molecule has 1 saturated heterocycles. The van der Waals surface area contributed by atoms with Crippen molar-refractivity contribution in [2.24, 2.45) is 5.41 Å². The minimum absolute atomic E-state index is 0.0548. The summed E-state index contributed by atoms with van der Waals surface area (Å²) < 4.78 is 0. The topological polar surface area (TPSA) is 52.7 Å². The van der Waals surface area contributed by atoms with Gasteiger partial charge in [-0.3, -0.25) is 14.5 Å². The highest BCUT2D eigenvalue weighted by molar-refractivity contribution is 6.02. The van der Waals surface area contributed by atoms with E-state index >= 15 is 0 Å². The Morgan fingerprint density at radius 3 is 2.64 bits per heavy atom. The molecule has 152 valence electrons. The van der Waals surface area contributed by atoms with Gasteiger partial charge in [-0.15, -0.1) is 0 Å². The van der Waals surface area contributed by atoms with Crippen LogP contribution >= 0.6 is 0 Å². The van der Waals surface area contributed by atoms with Crippen LogP contribution in [0.2, 0.25) is 0 Å². The van der Waals surface area contributed by atoms with Crippen LogP contribution in [0.4, 0.5) is 0 Å². The maximum absolute atomic E-state index is 12.9. The summed E-state index contributed by atoms with van der Waals surface area (Å²) in [6.45, 7) is 7.79. The number of fused-ring (bicyclic) bond motifs is 1. The molecule has 1 unspecified atom stereocenters. The van der Waals surface area contributed by atoms with Crippen molar-refractivity contribution in [3.63, 3.8) is 0 Å². The van der Waals surface area contributed by atoms with E-state index in [2.05, 4.69) is 34.5 Å². The minimum atomic E-state index is -0.398. The Kier molecular flexibility index (Phi) is 5.46. The number of hydrogen-bond donors (Lipinski definition) is 1. The minimum Gasteiger partial charge on any atom is -0.354 e. The number of hydrogen-bond acceptors (Lipinski definition) is 3. The van der Waals surface area contributed by atoms with Gasteiger partial charge in [0.05, 0.1) is 5.41 Å². The molecule has 0 bridgehead atoms. The molecule has 2 fully saturated rings. The predicted octanol–water partition coefficient (Wildman–Crippen LogP) is 2.73. The lowest BCUT2D eigenvalue weighted by Crippen LogP contribution is -2.74. The van der Waals surface area contributed by atoms with Crippen LogP contribution in [0.5, 0.6) is 0 Å². The smallest absolute Gasteiger partial charge is 0.243 e. The molecule has 1 saturated carbocycles. The number of nitrogens with zero attached hydrogens (tertiary/aromatic N) is 2. The molecule has 2 aliphatic heterocycles. The Morgan fingerprint density at radius 1 is 1.21 bits per heavy atom. The molecule has 1 aromatic rings. The zero-order valence-electron chi connectivity index (χ0n) is 17.2. The van der Waals surface area contributed by atoms with E-state index in [1.807, 2.05) is 18.7 Å². The van der Waals surface area contributed by atoms with Crippen molar-refractivity contribution in [1.29, 1.82) is 0 Å². The van der Waals surface area contributed by atoms with Gasteiger partial charge in [0.1, 0.15) is 6.04 Å². The Labute approximate surface area is 168 Å². The maximum Gasteiger partial charge on any atom is 0.243 e. The van der Waals surface area contributed by atoms with Crippen molar-refractivity contribution in [3.8, 4) is 0 Å². The first-order valence-electron chi connectivity index (χ1n) is 10.9. The van der Waals surface area contributed by atoms with E-state index in [0.29, 0.717) is 6.54 Å². The summed E-state index contributed by atoms with van der Waals surface area (Å²) in [5.41, 5.74) is 2.50. The highest BCUT2D eigenvalue weighted by atomic mass is 16.2. The predicted molar refractivity (Wildman–Crippen MR) is 110 cm³/mol. The van der Waals surface area contributed by atoms with Crippen molar-refractivity contribution in [2.45, 2.75) is 71.0 Å². The van der Waals surface area contributed by atoms with E-state index in [1.54, 1.807) is 0 Å². The summed E-state index contributed by atoms with van der Waals surface area (Å²) in [6.07, 6.45) is 5.94. The molecule has 5 heteroatoms. The van der Waals surface area contributed by atoms with Gasteiger partial charge in [0, 0.05) is 32.2 Å². The number of carbonyl (C=O) groups excluding carboxylic acids is 2. The Morgan fingerprint density at radius 2 is 1.93 bits per heavy atom. The molecular weight excluding hydrogens is 350 g/mol. The van der Waals surface area contributed by atoms with Gasteiger partial charge >= 0.3 is 0 Å². The van der Waals surface area contributed by atoms with Gasteiger partial charge in [-0.1, -0.05) is 37.1 Å². The van der Waals surface area contributed by atoms with Crippen LogP contribution in [-0.4, -0.2) is 53.3 Å². The van der Waals surface area contributed by atoms with E-state index in [1.165, 1.54) is 11.1 Å². The zero-order chi connectivity index (χ0) is 19.7. The first kappa shape index (κ1) is 19.4. The van der Waals surface area contributed by atoms with Gasteiger partial charge < -0.3 is 10.2 Å². The Hall–Kier alpha value is -1.88. The largest absolute Gasteiger partial charge is 0.354 e. The molecule has 1 N–H and O–H groups in total. The second-order valence-corrected chi connectivity index (χ2v) is 9.01. The SMILES string of the molecule is CC(C)N1C(=O)C2(CCCC2)C1C(=O)NCCCN1CCc2ccccc2C1. The second kappa shape index (κ2) is 7.86. The zero-order valence-corrected chi connectivity index (χ0v) is 17.2. The third-order valence-corrected chi connectivity index (χ3v) is 6.92. The molecule has 4 rings (SSSR count). The number of likely N-dealkylation sites (tertiary alicyclic amines) is 1. The number of benzene rings is 1. The van der Waals surface area contributed by atoms with Gasteiger partial charge in [0.2, 0.25) is 11.8 Å². The second-order valence-electron chi connectivity index (χ2n) is 9.01. The fourth-order valence-corrected chi connectivity index (χ4v) is 5.45. The molecular formula is C23H33N3O2. The highest BCUT2D eigenvalue weighted by Crippen LogP contribution is 2.52.